The highest BCUT2D eigenvalue weighted by atomic mass is 16.5. The molecule has 1 saturated heterocycles. The van der Waals surface area contributed by atoms with Gasteiger partial charge in [0.25, 0.3) is 5.56 Å². The fraction of sp³-hybridized carbons (Fsp3) is 0.722. The third-order valence-corrected chi connectivity index (χ3v) is 4.90. The summed E-state index contributed by atoms with van der Waals surface area (Å²) in [5.41, 5.74) is 2.75. The van der Waals surface area contributed by atoms with Gasteiger partial charge in [0.1, 0.15) is 0 Å². The molecule has 5 nitrogen and oxygen atoms in total. The van der Waals surface area contributed by atoms with Crippen LogP contribution in [0.5, 0.6) is 0 Å². The van der Waals surface area contributed by atoms with Gasteiger partial charge in [-0.25, -0.2) is 0 Å². The summed E-state index contributed by atoms with van der Waals surface area (Å²) >= 11 is 0. The van der Waals surface area contributed by atoms with E-state index in [1.807, 2.05) is 10.6 Å². The first-order valence-electron chi connectivity index (χ1n) is 8.91. The normalized spacial score (nSPS) is 22.3. The van der Waals surface area contributed by atoms with E-state index in [-0.39, 0.29) is 5.56 Å². The highest BCUT2D eigenvalue weighted by Crippen LogP contribution is 2.20. The van der Waals surface area contributed by atoms with Crippen LogP contribution in [0.3, 0.4) is 0 Å². The molecule has 1 N–H and O–H groups in total. The van der Waals surface area contributed by atoms with Crippen LogP contribution in [0.1, 0.15) is 31.5 Å². The molecule has 2 heterocycles. The lowest BCUT2D eigenvalue weighted by Crippen LogP contribution is -2.42. The van der Waals surface area contributed by atoms with Crippen molar-refractivity contribution in [2.75, 3.05) is 32.8 Å². The molecule has 1 atom stereocenters. The van der Waals surface area contributed by atoms with Crippen molar-refractivity contribution in [1.82, 2.24) is 14.8 Å². The van der Waals surface area contributed by atoms with Gasteiger partial charge in [0, 0.05) is 50.0 Å². The molecule has 1 aliphatic heterocycles. The topological polar surface area (TPSA) is 46.5 Å². The molecule has 3 rings (SSSR count). The molecule has 0 amide bonds. The second kappa shape index (κ2) is 7.60. The first-order chi connectivity index (χ1) is 11.1. The Labute approximate surface area is 138 Å². The predicted octanol–water partition coefficient (Wildman–Crippen LogP) is 1.04. The van der Waals surface area contributed by atoms with Gasteiger partial charge in [-0.1, -0.05) is 19.9 Å². The lowest BCUT2D eigenvalue weighted by molar-refractivity contribution is 0.0361. The molecule has 0 bridgehead atoms. The van der Waals surface area contributed by atoms with Crippen molar-refractivity contribution in [3.05, 3.63) is 33.7 Å². The molecule has 23 heavy (non-hydrogen) atoms. The van der Waals surface area contributed by atoms with Gasteiger partial charge >= 0.3 is 0 Å². The Bertz CT molecular complexity index is 576. The van der Waals surface area contributed by atoms with E-state index >= 15 is 0 Å². The molecular weight excluding hydrogens is 290 g/mol. The molecule has 1 aromatic rings. The minimum atomic E-state index is 0.146. The van der Waals surface area contributed by atoms with E-state index in [4.69, 9.17) is 4.74 Å². The van der Waals surface area contributed by atoms with Crippen molar-refractivity contribution in [2.45, 2.75) is 51.7 Å². The van der Waals surface area contributed by atoms with E-state index < -0.39 is 0 Å². The van der Waals surface area contributed by atoms with Gasteiger partial charge in [-0.05, 0) is 24.8 Å². The molecule has 1 aromatic heterocycles. The summed E-state index contributed by atoms with van der Waals surface area (Å²) < 4.78 is 7.40. The van der Waals surface area contributed by atoms with Gasteiger partial charge in [0.05, 0.1) is 13.2 Å². The van der Waals surface area contributed by atoms with Crippen molar-refractivity contribution < 1.29 is 4.74 Å². The van der Waals surface area contributed by atoms with Crippen LogP contribution in [0.15, 0.2) is 16.9 Å². The number of rotatable bonds is 5. The van der Waals surface area contributed by atoms with Crippen molar-refractivity contribution in [3.8, 4) is 0 Å². The Morgan fingerprint density at radius 1 is 1.26 bits per heavy atom. The van der Waals surface area contributed by atoms with Gasteiger partial charge < -0.3 is 14.6 Å². The van der Waals surface area contributed by atoms with Gasteiger partial charge in [0.15, 0.2) is 0 Å². The van der Waals surface area contributed by atoms with Crippen molar-refractivity contribution >= 4 is 0 Å². The lowest BCUT2D eigenvalue weighted by atomic mass is 9.91. The van der Waals surface area contributed by atoms with Crippen LogP contribution in [0.25, 0.3) is 0 Å². The fourth-order valence-electron chi connectivity index (χ4n) is 3.75. The molecule has 0 aromatic carbocycles. The Morgan fingerprint density at radius 2 is 2.04 bits per heavy atom. The second-order valence-corrected chi connectivity index (χ2v) is 7.01. The number of pyridine rings is 1. The molecule has 5 heteroatoms. The van der Waals surface area contributed by atoms with Gasteiger partial charge in [-0.2, -0.15) is 0 Å². The standard InChI is InChI=1S/C18H29N3O2/c1-14(2)19-16-4-5-17-15(13-16)3-6-18(22)21(17)8-7-20-9-11-23-12-10-20/h3,6,14,16,19H,4-5,7-13H2,1-2H3/t16-/m1/s1. The largest absolute Gasteiger partial charge is 0.379 e. The molecule has 1 fully saturated rings. The van der Waals surface area contributed by atoms with Crippen molar-refractivity contribution in [2.24, 2.45) is 0 Å². The Kier molecular flexibility index (Phi) is 5.51. The quantitative estimate of drug-likeness (QED) is 0.881. The molecule has 0 spiro atoms. The summed E-state index contributed by atoms with van der Waals surface area (Å²) in [4.78, 5) is 14.7. The zero-order chi connectivity index (χ0) is 16.2. The van der Waals surface area contributed by atoms with E-state index in [9.17, 15) is 4.79 Å². The van der Waals surface area contributed by atoms with Gasteiger partial charge in [-0.3, -0.25) is 9.69 Å². The van der Waals surface area contributed by atoms with E-state index in [1.165, 1.54) is 11.3 Å². The van der Waals surface area contributed by atoms with E-state index in [0.29, 0.717) is 12.1 Å². The lowest BCUT2D eigenvalue weighted by Gasteiger charge is -2.30. The number of fused-ring (bicyclic) bond motifs is 1. The van der Waals surface area contributed by atoms with Crippen LogP contribution < -0.4 is 10.9 Å². The SMILES string of the molecule is CC(C)N[C@@H]1CCc2c(ccc(=O)n2CCN2CCOCC2)C1. The molecule has 1 aliphatic carbocycles. The molecule has 128 valence electrons. The number of nitrogens with one attached hydrogen (secondary N) is 1. The highest BCUT2D eigenvalue weighted by Gasteiger charge is 2.22. The number of ether oxygens (including phenoxy) is 1. The van der Waals surface area contributed by atoms with Crippen LogP contribution in [-0.2, 0) is 24.1 Å². The zero-order valence-electron chi connectivity index (χ0n) is 14.4. The summed E-state index contributed by atoms with van der Waals surface area (Å²) in [6.45, 7) is 9.69. The second-order valence-electron chi connectivity index (χ2n) is 7.01. The minimum absolute atomic E-state index is 0.146. The van der Waals surface area contributed by atoms with Gasteiger partial charge in [-0.15, -0.1) is 0 Å². The van der Waals surface area contributed by atoms with Crippen LogP contribution in [-0.4, -0.2) is 54.4 Å². The molecule has 0 radical (unpaired) electrons. The molecule has 0 saturated carbocycles. The van der Waals surface area contributed by atoms with E-state index in [1.54, 1.807) is 6.07 Å². The molecule has 0 unspecified atom stereocenters. The zero-order valence-corrected chi connectivity index (χ0v) is 14.4. The highest BCUT2D eigenvalue weighted by molar-refractivity contribution is 5.25. The Hall–Kier alpha value is -1.17. The molecular formula is C18H29N3O2. The first-order valence-corrected chi connectivity index (χ1v) is 8.91. The number of hydrogen-bond acceptors (Lipinski definition) is 4. The maximum absolute atomic E-state index is 12.3. The average Bonchev–Trinajstić information content (AvgIpc) is 2.54. The fourth-order valence-corrected chi connectivity index (χ4v) is 3.75. The first kappa shape index (κ1) is 16.7. The number of hydrogen-bond donors (Lipinski definition) is 1. The third kappa shape index (κ3) is 4.22. The van der Waals surface area contributed by atoms with Crippen molar-refractivity contribution in [1.29, 1.82) is 0 Å². The summed E-state index contributed by atoms with van der Waals surface area (Å²) in [5, 5.41) is 3.63. The molecule has 2 aliphatic rings. The Morgan fingerprint density at radius 3 is 2.78 bits per heavy atom. The smallest absolute Gasteiger partial charge is 0.250 e. The third-order valence-electron chi connectivity index (χ3n) is 4.90. The van der Waals surface area contributed by atoms with Crippen LogP contribution in [0.4, 0.5) is 0 Å². The Balaban J connectivity index is 1.70. The van der Waals surface area contributed by atoms with E-state index in [2.05, 4.69) is 24.1 Å². The summed E-state index contributed by atoms with van der Waals surface area (Å²) in [7, 11) is 0. The minimum Gasteiger partial charge on any atom is -0.379 e. The van der Waals surface area contributed by atoms with Crippen LogP contribution >= 0.6 is 0 Å². The van der Waals surface area contributed by atoms with Crippen molar-refractivity contribution in [3.63, 3.8) is 0 Å². The maximum atomic E-state index is 12.3. The van der Waals surface area contributed by atoms with Crippen LogP contribution in [0, 0.1) is 0 Å². The number of morpholine rings is 1. The predicted molar refractivity (Wildman–Crippen MR) is 92.0 cm³/mol. The van der Waals surface area contributed by atoms with E-state index in [0.717, 1.165) is 58.7 Å². The van der Waals surface area contributed by atoms with Gasteiger partial charge in [0.2, 0.25) is 0 Å². The summed E-state index contributed by atoms with van der Waals surface area (Å²) in [6, 6.07) is 4.83. The van der Waals surface area contributed by atoms with Crippen LogP contribution in [0.2, 0.25) is 0 Å². The monoisotopic (exact) mass is 319 g/mol. The average molecular weight is 319 g/mol. The maximum Gasteiger partial charge on any atom is 0.250 e. The summed E-state index contributed by atoms with van der Waals surface area (Å²) in [6.07, 6.45) is 3.15. The summed E-state index contributed by atoms with van der Waals surface area (Å²) in [5.74, 6) is 0. The number of nitrogens with zero attached hydrogens (tertiary/aromatic N) is 2. The number of aromatic nitrogens is 1.